The van der Waals surface area contributed by atoms with Gasteiger partial charge in [-0.25, -0.2) is 9.97 Å². The van der Waals surface area contributed by atoms with Crippen molar-refractivity contribution in [2.75, 3.05) is 17.2 Å². The summed E-state index contributed by atoms with van der Waals surface area (Å²) in [7, 11) is 0. The van der Waals surface area contributed by atoms with Gasteiger partial charge in [-0.05, 0) is 32.6 Å². The van der Waals surface area contributed by atoms with E-state index < -0.39 is 0 Å². The maximum atomic E-state index is 4.71. The second-order valence-electron chi connectivity index (χ2n) is 6.48. The summed E-state index contributed by atoms with van der Waals surface area (Å²) in [6, 6.07) is 2.06. The van der Waals surface area contributed by atoms with Crippen molar-refractivity contribution >= 4 is 11.6 Å². The molecule has 1 fully saturated rings. The molecule has 1 aromatic rings. The fourth-order valence-electron chi connectivity index (χ4n) is 3.01. The Labute approximate surface area is 129 Å². The predicted molar refractivity (Wildman–Crippen MR) is 89.9 cm³/mol. The first-order chi connectivity index (χ1) is 10.1. The second kappa shape index (κ2) is 7.62. The highest BCUT2D eigenvalue weighted by Gasteiger charge is 2.27. The van der Waals surface area contributed by atoms with E-state index in [0.29, 0.717) is 0 Å². The zero-order chi connectivity index (χ0) is 15.1. The highest BCUT2D eigenvalue weighted by atomic mass is 15.1. The molecule has 0 aliphatic heterocycles. The fraction of sp³-hybridized carbons (Fsp3) is 0.765. The lowest BCUT2D eigenvalue weighted by atomic mass is 9.83. The third-order valence-corrected chi connectivity index (χ3v) is 4.19. The topological polar surface area (TPSA) is 49.8 Å². The van der Waals surface area contributed by atoms with Crippen molar-refractivity contribution < 1.29 is 0 Å². The molecule has 0 bridgehead atoms. The van der Waals surface area contributed by atoms with Crippen LogP contribution in [0.3, 0.4) is 0 Å². The summed E-state index contributed by atoms with van der Waals surface area (Å²) in [5.41, 5.74) is 0.193. The van der Waals surface area contributed by atoms with Gasteiger partial charge in [0.25, 0.3) is 0 Å². The van der Waals surface area contributed by atoms with E-state index in [4.69, 9.17) is 4.98 Å². The molecule has 1 aliphatic carbocycles. The van der Waals surface area contributed by atoms with Crippen LogP contribution in [0, 0.1) is 0 Å². The minimum absolute atomic E-state index is 0.193. The normalized spacial score (nSPS) is 17.5. The summed E-state index contributed by atoms with van der Waals surface area (Å²) < 4.78 is 0. The van der Waals surface area contributed by atoms with Crippen molar-refractivity contribution in [3.63, 3.8) is 0 Å². The number of rotatable bonds is 7. The molecule has 118 valence electrons. The van der Waals surface area contributed by atoms with Crippen molar-refractivity contribution in [3.05, 3.63) is 11.9 Å². The molecule has 0 spiro atoms. The van der Waals surface area contributed by atoms with Gasteiger partial charge in [0.2, 0.25) is 0 Å². The number of aromatic nitrogens is 2. The lowest BCUT2D eigenvalue weighted by Gasteiger charge is -2.35. The first-order valence-corrected chi connectivity index (χ1v) is 8.55. The first-order valence-electron chi connectivity index (χ1n) is 8.55. The van der Waals surface area contributed by atoms with E-state index in [2.05, 4.69) is 42.5 Å². The van der Waals surface area contributed by atoms with Gasteiger partial charge in [0.15, 0.2) is 0 Å². The van der Waals surface area contributed by atoms with Gasteiger partial charge >= 0.3 is 0 Å². The number of nitrogens with zero attached hydrogens (tertiary/aromatic N) is 2. The smallest absolute Gasteiger partial charge is 0.133 e. The molecule has 0 aromatic carbocycles. The van der Waals surface area contributed by atoms with E-state index in [1.807, 2.05) is 0 Å². The molecule has 0 amide bonds. The third kappa shape index (κ3) is 4.87. The van der Waals surface area contributed by atoms with E-state index in [1.165, 1.54) is 32.1 Å². The van der Waals surface area contributed by atoms with Crippen molar-refractivity contribution in [1.82, 2.24) is 9.97 Å². The van der Waals surface area contributed by atoms with Crippen molar-refractivity contribution in [1.29, 1.82) is 0 Å². The Bertz CT molecular complexity index is 438. The summed E-state index contributed by atoms with van der Waals surface area (Å²) in [5, 5.41) is 7.07. The van der Waals surface area contributed by atoms with Crippen molar-refractivity contribution in [2.45, 2.75) is 77.7 Å². The first kappa shape index (κ1) is 16.1. The standard InChI is InChI=1S/C17H30N4/c1-4-9-14-19-15(18-12-5-2)13-16(20-14)21-17(3)10-7-6-8-11-17/h13H,4-12H2,1-3H3,(H2,18,19,20,21). The highest BCUT2D eigenvalue weighted by Crippen LogP contribution is 2.31. The molecule has 4 heteroatoms. The molecule has 2 rings (SSSR count). The average Bonchev–Trinajstić information content (AvgIpc) is 2.45. The van der Waals surface area contributed by atoms with Crippen LogP contribution < -0.4 is 10.6 Å². The van der Waals surface area contributed by atoms with E-state index >= 15 is 0 Å². The third-order valence-electron chi connectivity index (χ3n) is 4.19. The Morgan fingerprint density at radius 3 is 2.43 bits per heavy atom. The summed E-state index contributed by atoms with van der Waals surface area (Å²) >= 11 is 0. The monoisotopic (exact) mass is 290 g/mol. The molecule has 4 nitrogen and oxygen atoms in total. The summed E-state index contributed by atoms with van der Waals surface area (Å²) in [6.07, 6.45) is 9.59. The predicted octanol–water partition coefficient (Wildman–Crippen LogP) is 4.39. The van der Waals surface area contributed by atoms with Gasteiger partial charge in [0.05, 0.1) is 0 Å². The molecule has 0 saturated heterocycles. The van der Waals surface area contributed by atoms with Crippen LogP contribution in [0.5, 0.6) is 0 Å². The average molecular weight is 290 g/mol. The Morgan fingerprint density at radius 1 is 1.05 bits per heavy atom. The van der Waals surface area contributed by atoms with Crippen LogP contribution >= 0.6 is 0 Å². The number of anilines is 2. The summed E-state index contributed by atoms with van der Waals surface area (Å²) in [6.45, 7) is 7.63. The van der Waals surface area contributed by atoms with Gasteiger partial charge in [-0.15, -0.1) is 0 Å². The minimum atomic E-state index is 0.193. The number of aryl methyl sites for hydroxylation is 1. The van der Waals surface area contributed by atoms with Crippen LogP contribution in [0.1, 0.15) is 71.5 Å². The van der Waals surface area contributed by atoms with E-state index in [-0.39, 0.29) is 5.54 Å². The van der Waals surface area contributed by atoms with E-state index in [9.17, 15) is 0 Å². The quantitative estimate of drug-likeness (QED) is 0.782. The summed E-state index contributed by atoms with van der Waals surface area (Å²) in [5.74, 6) is 2.88. The number of hydrogen-bond acceptors (Lipinski definition) is 4. The van der Waals surface area contributed by atoms with Crippen molar-refractivity contribution in [2.24, 2.45) is 0 Å². The van der Waals surface area contributed by atoms with Crippen LogP contribution in [-0.4, -0.2) is 22.1 Å². The molecular weight excluding hydrogens is 260 g/mol. The van der Waals surface area contributed by atoms with Gasteiger partial charge < -0.3 is 10.6 Å². The molecule has 1 saturated carbocycles. The van der Waals surface area contributed by atoms with Gasteiger partial charge in [0.1, 0.15) is 17.5 Å². The van der Waals surface area contributed by atoms with Gasteiger partial charge in [-0.1, -0.05) is 33.1 Å². The molecule has 0 atom stereocenters. The Morgan fingerprint density at radius 2 is 1.76 bits per heavy atom. The van der Waals surface area contributed by atoms with Gasteiger partial charge in [0, 0.05) is 24.6 Å². The molecule has 2 N–H and O–H groups in total. The van der Waals surface area contributed by atoms with E-state index in [1.54, 1.807) is 0 Å². The van der Waals surface area contributed by atoms with Crippen LogP contribution in [0.15, 0.2) is 6.07 Å². The van der Waals surface area contributed by atoms with Crippen LogP contribution in [0.4, 0.5) is 11.6 Å². The van der Waals surface area contributed by atoms with Crippen LogP contribution in [0.2, 0.25) is 0 Å². The SMILES string of the molecule is CCCNc1cc(NC2(C)CCCCC2)nc(CCC)n1. The Kier molecular flexibility index (Phi) is 5.83. The Hall–Kier alpha value is -1.32. The van der Waals surface area contributed by atoms with Crippen molar-refractivity contribution in [3.8, 4) is 0 Å². The minimum Gasteiger partial charge on any atom is -0.370 e. The largest absolute Gasteiger partial charge is 0.370 e. The van der Waals surface area contributed by atoms with Gasteiger partial charge in [-0.2, -0.15) is 0 Å². The molecule has 1 aromatic heterocycles. The molecule has 1 heterocycles. The van der Waals surface area contributed by atoms with Crippen LogP contribution in [-0.2, 0) is 6.42 Å². The lowest BCUT2D eigenvalue weighted by Crippen LogP contribution is -2.37. The molecule has 0 radical (unpaired) electrons. The highest BCUT2D eigenvalue weighted by molar-refractivity contribution is 5.49. The maximum Gasteiger partial charge on any atom is 0.133 e. The zero-order valence-corrected chi connectivity index (χ0v) is 13.8. The number of hydrogen-bond donors (Lipinski definition) is 2. The fourth-order valence-corrected chi connectivity index (χ4v) is 3.01. The zero-order valence-electron chi connectivity index (χ0n) is 13.8. The second-order valence-corrected chi connectivity index (χ2v) is 6.48. The van der Waals surface area contributed by atoms with E-state index in [0.717, 1.165) is 43.3 Å². The van der Waals surface area contributed by atoms with Gasteiger partial charge in [-0.3, -0.25) is 0 Å². The number of nitrogens with one attached hydrogen (secondary N) is 2. The summed E-state index contributed by atoms with van der Waals surface area (Å²) in [4.78, 5) is 9.32. The maximum absolute atomic E-state index is 4.71. The molecule has 1 aliphatic rings. The van der Waals surface area contributed by atoms with Crippen LogP contribution in [0.25, 0.3) is 0 Å². The molecular formula is C17H30N4. The molecule has 21 heavy (non-hydrogen) atoms. The Balaban J connectivity index is 2.14. The lowest BCUT2D eigenvalue weighted by molar-refractivity contribution is 0.348. The molecule has 0 unspecified atom stereocenters.